The van der Waals surface area contributed by atoms with Crippen molar-refractivity contribution < 1.29 is 22.3 Å². The largest absolute Gasteiger partial charge is 0.379 e. The van der Waals surface area contributed by atoms with E-state index in [4.69, 9.17) is 4.74 Å². The highest BCUT2D eigenvalue weighted by molar-refractivity contribution is 7.89. The number of carbonyl (C=O) groups excluding carboxylic acids is 1. The summed E-state index contributed by atoms with van der Waals surface area (Å²) < 4.78 is 48.2. The van der Waals surface area contributed by atoms with Crippen LogP contribution in [0.1, 0.15) is 21.6 Å². The van der Waals surface area contributed by atoms with Gasteiger partial charge in [-0.05, 0) is 43.7 Å². The van der Waals surface area contributed by atoms with Crippen molar-refractivity contribution in [2.24, 2.45) is 0 Å². The van der Waals surface area contributed by atoms with Gasteiger partial charge in [0, 0.05) is 18.8 Å². The lowest BCUT2D eigenvalue weighted by atomic mass is 10.2. The number of nitrogens with zero attached hydrogens (tertiary/aromatic N) is 3. The van der Waals surface area contributed by atoms with Gasteiger partial charge >= 0.3 is 0 Å². The predicted octanol–water partition coefficient (Wildman–Crippen LogP) is 2.90. The van der Waals surface area contributed by atoms with E-state index in [0.717, 1.165) is 23.4 Å². The van der Waals surface area contributed by atoms with E-state index in [1.54, 1.807) is 11.6 Å². The summed E-state index contributed by atoms with van der Waals surface area (Å²) in [6, 6.07) is 11.2. The minimum Gasteiger partial charge on any atom is -0.379 e. The van der Waals surface area contributed by atoms with Gasteiger partial charge in [0.1, 0.15) is 10.7 Å². The van der Waals surface area contributed by atoms with Crippen LogP contribution in [-0.2, 0) is 14.8 Å². The number of aryl methyl sites for hydroxylation is 1. The standard InChI is InChI=1S/C22H23FN4O4S/c1-15-5-3-4-6-20(15)27-16(2)18(14-24-27)22(28)25-17-7-8-19(23)21(13-17)32(29,30)26-9-11-31-12-10-26/h3-8,13-14H,9-12H2,1-2H3,(H,25,28). The van der Waals surface area contributed by atoms with E-state index in [9.17, 15) is 17.6 Å². The average molecular weight is 459 g/mol. The molecule has 1 N–H and O–H groups in total. The minimum atomic E-state index is -4.05. The number of sulfonamides is 1. The molecule has 2 aromatic carbocycles. The molecule has 3 aromatic rings. The summed E-state index contributed by atoms with van der Waals surface area (Å²) in [7, 11) is -4.05. The maximum Gasteiger partial charge on any atom is 0.259 e. The Balaban J connectivity index is 1.60. The van der Waals surface area contributed by atoms with Gasteiger partial charge in [0.2, 0.25) is 10.0 Å². The number of aromatic nitrogens is 2. The highest BCUT2D eigenvalue weighted by Crippen LogP contribution is 2.25. The Hall–Kier alpha value is -3.08. The van der Waals surface area contributed by atoms with Crippen LogP contribution in [0.2, 0.25) is 0 Å². The predicted molar refractivity (Wildman–Crippen MR) is 117 cm³/mol. The zero-order chi connectivity index (χ0) is 22.9. The molecule has 0 spiro atoms. The smallest absolute Gasteiger partial charge is 0.259 e. The van der Waals surface area contributed by atoms with Crippen molar-refractivity contribution in [2.45, 2.75) is 18.7 Å². The number of anilines is 1. The van der Waals surface area contributed by atoms with Crippen molar-refractivity contribution in [1.82, 2.24) is 14.1 Å². The normalized spacial score (nSPS) is 15.0. The van der Waals surface area contributed by atoms with E-state index in [0.29, 0.717) is 11.3 Å². The van der Waals surface area contributed by atoms with E-state index in [-0.39, 0.29) is 32.0 Å². The molecule has 0 unspecified atom stereocenters. The number of amides is 1. The van der Waals surface area contributed by atoms with Crippen molar-refractivity contribution >= 4 is 21.6 Å². The summed E-state index contributed by atoms with van der Waals surface area (Å²) in [4.78, 5) is 12.4. The van der Waals surface area contributed by atoms with Crippen molar-refractivity contribution in [3.63, 3.8) is 0 Å². The second-order valence-electron chi connectivity index (χ2n) is 7.46. The Bertz CT molecular complexity index is 1270. The number of ether oxygens (including phenoxy) is 1. The summed E-state index contributed by atoms with van der Waals surface area (Å²) in [5.41, 5.74) is 2.98. The van der Waals surface area contributed by atoms with E-state index in [1.807, 2.05) is 31.2 Å². The van der Waals surface area contributed by atoms with Crippen molar-refractivity contribution in [1.29, 1.82) is 0 Å². The minimum absolute atomic E-state index is 0.148. The van der Waals surface area contributed by atoms with Crippen LogP contribution in [0.5, 0.6) is 0 Å². The first-order chi connectivity index (χ1) is 15.3. The fourth-order valence-electron chi connectivity index (χ4n) is 3.58. The lowest BCUT2D eigenvalue weighted by Gasteiger charge is -2.26. The topological polar surface area (TPSA) is 93.5 Å². The molecule has 10 heteroatoms. The van der Waals surface area contributed by atoms with E-state index < -0.39 is 26.6 Å². The van der Waals surface area contributed by atoms with Crippen molar-refractivity contribution in [3.8, 4) is 5.69 Å². The van der Waals surface area contributed by atoms with Crippen LogP contribution in [0, 0.1) is 19.7 Å². The molecule has 0 atom stereocenters. The number of halogens is 1. The monoisotopic (exact) mass is 458 g/mol. The Morgan fingerprint density at radius 1 is 1.12 bits per heavy atom. The molecular weight excluding hydrogens is 435 g/mol. The fraction of sp³-hybridized carbons (Fsp3) is 0.273. The fourth-order valence-corrected chi connectivity index (χ4v) is 5.08. The number of morpholine rings is 1. The third kappa shape index (κ3) is 4.16. The number of carbonyl (C=O) groups is 1. The molecule has 32 heavy (non-hydrogen) atoms. The Morgan fingerprint density at radius 3 is 2.56 bits per heavy atom. The molecule has 0 aliphatic carbocycles. The SMILES string of the molecule is Cc1ccccc1-n1ncc(C(=O)Nc2ccc(F)c(S(=O)(=O)N3CCOCC3)c2)c1C. The van der Waals surface area contributed by atoms with Crippen LogP contribution in [0.3, 0.4) is 0 Å². The molecule has 1 amide bonds. The number of hydrogen-bond donors (Lipinski definition) is 1. The van der Waals surface area contributed by atoms with Gasteiger partial charge in [-0.1, -0.05) is 18.2 Å². The van der Waals surface area contributed by atoms with Crippen molar-refractivity contribution in [3.05, 3.63) is 71.3 Å². The first-order valence-electron chi connectivity index (χ1n) is 10.1. The van der Waals surface area contributed by atoms with Crippen LogP contribution >= 0.6 is 0 Å². The van der Waals surface area contributed by atoms with Crippen LogP contribution in [0.25, 0.3) is 5.69 Å². The second kappa shape index (κ2) is 8.81. The summed E-state index contributed by atoms with van der Waals surface area (Å²) >= 11 is 0. The molecule has 4 rings (SSSR count). The maximum atomic E-state index is 14.4. The highest BCUT2D eigenvalue weighted by Gasteiger charge is 2.29. The molecule has 1 aliphatic heterocycles. The number of hydrogen-bond acceptors (Lipinski definition) is 5. The summed E-state index contributed by atoms with van der Waals surface area (Å²) in [6.45, 7) is 4.52. The van der Waals surface area contributed by atoms with Gasteiger partial charge in [0.15, 0.2) is 0 Å². The molecule has 1 aliphatic rings. The maximum absolute atomic E-state index is 14.4. The number of rotatable bonds is 5. The second-order valence-corrected chi connectivity index (χ2v) is 9.36. The molecule has 8 nitrogen and oxygen atoms in total. The number of para-hydroxylation sites is 1. The van der Waals surface area contributed by atoms with E-state index in [2.05, 4.69) is 10.4 Å². The van der Waals surface area contributed by atoms with Crippen molar-refractivity contribution in [2.75, 3.05) is 31.6 Å². The molecule has 0 bridgehead atoms. The van der Waals surface area contributed by atoms with Crippen LogP contribution in [-0.4, -0.2) is 54.7 Å². The van der Waals surface area contributed by atoms with Gasteiger partial charge in [-0.2, -0.15) is 9.40 Å². The summed E-state index contributed by atoms with van der Waals surface area (Å²) in [5.74, 6) is -1.35. The molecule has 168 valence electrons. The van der Waals surface area contributed by atoms with E-state index >= 15 is 0 Å². The van der Waals surface area contributed by atoms with Gasteiger partial charge < -0.3 is 10.1 Å². The van der Waals surface area contributed by atoms with Gasteiger partial charge in [-0.25, -0.2) is 17.5 Å². The molecule has 0 saturated carbocycles. The van der Waals surface area contributed by atoms with Crippen LogP contribution < -0.4 is 5.32 Å². The first kappa shape index (κ1) is 22.1. The quantitative estimate of drug-likeness (QED) is 0.635. The lowest BCUT2D eigenvalue weighted by molar-refractivity contribution is 0.0729. The van der Waals surface area contributed by atoms with E-state index in [1.165, 1.54) is 16.6 Å². The Kier molecular flexibility index (Phi) is 6.09. The Labute approximate surface area is 185 Å². The Morgan fingerprint density at radius 2 is 1.84 bits per heavy atom. The zero-order valence-electron chi connectivity index (χ0n) is 17.7. The van der Waals surface area contributed by atoms with Crippen LogP contribution in [0.15, 0.2) is 53.6 Å². The third-order valence-electron chi connectivity index (χ3n) is 5.38. The third-order valence-corrected chi connectivity index (χ3v) is 7.29. The molecule has 1 aromatic heterocycles. The summed E-state index contributed by atoms with van der Waals surface area (Å²) in [5, 5.41) is 6.98. The average Bonchev–Trinajstić information content (AvgIpc) is 3.17. The van der Waals surface area contributed by atoms with Gasteiger partial charge in [-0.3, -0.25) is 4.79 Å². The van der Waals surface area contributed by atoms with Gasteiger partial charge in [0.05, 0.1) is 36.4 Å². The lowest BCUT2D eigenvalue weighted by Crippen LogP contribution is -2.40. The van der Waals surface area contributed by atoms with Gasteiger partial charge in [0.25, 0.3) is 5.91 Å². The number of benzene rings is 2. The molecule has 1 fully saturated rings. The molecule has 1 saturated heterocycles. The highest BCUT2D eigenvalue weighted by atomic mass is 32.2. The first-order valence-corrected chi connectivity index (χ1v) is 11.5. The molecule has 0 radical (unpaired) electrons. The molecular formula is C22H23FN4O4S. The summed E-state index contributed by atoms with van der Waals surface area (Å²) in [6.07, 6.45) is 1.45. The van der Waals surface area contributed by atoms with Crippen LogP contribution in [0.4, 0.5) is 10.1 Å². The zero-order valence-corrected chi connectivity index (χ0v) is 18.5. The molecule has 2 heterocycles. The number of nitrogens with one attached hydrogen (secondary N) is 1. The van der Waals surface area contributed by atoms with Gasteiger partial charge in [-0.15, -0.1) is 0 Å².